The van der Waals surface area contributed by atoms with Gasteiger partial charge in [-0.1, -0.05) is 18.5 Å². The Morgan fingerprint density at radius 2 is 2.00 bits per heavy atom. The van der Waals surface area contributed by atoms with Crippen LogP contribution in [0.15, 0.2) is 12.1 Å². The molecule has 0 radical (unpaired) electrons. The Hall–Kier alpha value is -1.22. The Kier molecular flexibility index (Phi) is 3.97. The van der Waals surface area contributed by atoms with Gasteiger partial charge in [0.05, 0.1) is 14.2 Å². The van der Waals surface area contributed by atoms with Gasteiger partial charge in [0, 0.05) is 22.6 Å². The van der Waals surface area contributed by atoms with E-state index < -0.39 is 0 Å². The van der Waals surface area contributed by atoms with E-state index in [0.29, 0.717) is 16.5 Å². The molecule has 0 aliphatic heterocycles. The zero-order valence-corrected chi connectivity index (χ0v) is 9.67. The van der Waals surface area contributed by atoms with E-state index in [2.05, 4.69) is 0 Å². The molecule has 1 unspecified atom stereocenters. The van der Waals surface area contributed by atoms with E-state index in [1.165, 1.54) is 14.2 Å². The fourth-order valence-corrected chi connectivity index (χ4v) is 1.59. The monoisotopic (exact) mass is 228 g/mol. The van der Waals surface area contributed by atoms with E-state index in [1.807, 2.05) is 0 Å². The minimum Gasteiger partial charge on any atom is -0.493 e. The number of aldehydes is 1. The van der Waals surface area contributed by atoms with Gasteiger partial charge in [0.15, 0.2) is 11.5 Å². The van der Waals surface area contributed by atoms with Crippen molar-refractivity contribution in [1.82, 2.24) is 0 Å². The fourth-order valence-electron chi connectivity index (χ4n) is 1.37. The summed E-state index contributed by atoms with van der Waals surface area (Å²) in [5.41, 5.74) is 0.733. The highest BCUT2D eigenvalue weighted by atomic mass is 35.5. The molecule has 0 N–H and O–H groups in total. The standard InChI is InChI=1S/C11H13ClO3/c1-7(6-13)9-4-8(12)5-10(14-2)11(9)15-3/h4-7H,1-3H3. The van der Waals surface area contributed by atoms with Crippen molar-refractivity contribution in [3.05, 3.63) is 22.7 Å². The topological polar surface area (TPSA) is 35.5 Å². The van der Waals surface area contributed by atoms with Crippen LogP contribution in [0.2, 0.25) is 5.02 Å². The molecule has 0 bridgehead atoms. The van der Waals surface area contributed by atoms with Crippen molar-refractivity contribution in [3.8, 4) is 11.5 Å². The first-order valence-electron chi connectivity index (χ1n) is 4.50. The lowest BCUT2D eigenvalue weighted by atomic mass is 10.0. The molecule has 0 saturated carbocycles. The van der Waals surface area contributed by atoms with Gasteiger partial charge in [0.25, 0.3) is 0 Å². The molecule has 0 spiro atoms. The SMILES string of the molecule is COc1cc(Cl)cc(C(C)C=O)c1OC. The molecular weight excluding hydrogens is 216 g/mol. The number of benzene rings is 1. The summed E-state index contributed by atoms with van der Waals surface area (Å²) in [6, 6.07) is 3.36. The molecule has 0 heterocycles. The van der Waals surface area contributed by atoms with Gasteiger partial charge in [0.1, 0.15) is 6.29 Å². The third-order valence-corrected chi connectivity index (χ3v) is 2.39. The van der Waals surface area contributed by atoms with E-state index >= 15 is 0 Å². The van der Waals surface area contributed by atoms with Gasteiger partial charge in [-0.25, -0.2) is 0 Å². The number of hydrogen-bond acceptors (Lipinski definition) is 3. The minimum atomic E-state index is -0.271. The summed E-state index contributed by atoms with van der Waals surface area (Å²) in [5, 5.41) is 0.524. The van der Waals surface area contributed by atoms with Crippen molar-refractivity contribution in [2.75, 3.05) is 14.2 Å². The predicted octanol–water partition coefficient (Wildman–Crippen LogP) is 2.66. The highest BCUT2D eigenvalue weighted by Crippen LogP contribution is 2.37. The number of rotatable bonds is 4. The maximum atomic E-state index is 10.7. The Labute approximate surface area is 93.9 Å². The van der Waals surface area contributed by atoms with Crippen LogP contribution in [0.25, 0.3) is 0 Å². The summed E-state index contributed by atoms with van der Waals surface area (Å²) < 4.78 is 10.3. The van der Waals surface area contributed by atoms with Gasteiger partial charge in [-0.3, -0.25) is 0 Å². The van der Waals surface area contributed by atoms with Crippen molar-refractivity contribution in [3.63, 3.8) is 0 Å². The summed E-state index contributed by atoms with van der Waals surface area (Å²) >= 11 is 5.91. The van der Waals surface area contributed by atoms with Crippen LogP contribution in [0, 0.1) is 0 Å². The van der Waals surface area contributed by atoms with Crippen molar-refractivity contribution in [2.45, 2.75) is 12.8 Å². The fraction of sp³-hybridized carbons (Fsp3) is 0.364. The molecule has 0 aliphatic rings. The first-order chi connectivity index (χ1) is 7.13. The molecule has 82 valence electrons. The van der Waals surface area contributed by atoms with Crippen molar-refractivity contribution in [1.29, 1.82) is 0 Å². The lowest BCUT2D eigenvalue weighted by Gasteiger charge is -2.14. The molecule has 1 aromatic carbocycles. The second-order valence-electron chi connectivity index (χ2n) is 3.16. The number of carbonyl (C=O) groups excluding carboxylic acids is 1. The zero-order valence-electron chi connectivity index (χ0n) is 8.91. The van der Waals surface area contributed by atoms with Gasteiger partial charge < -0.3 is 14.3 Å². The van der Waals surface area contributed by atoms with Crippen LogP contribution in [0.5, 0.6) is 11.5 Å². The molecule has 0 aliphatic carbocycles. The smallest absolute Gasteiger partial charge is 0.164 e. The summed E-state index contributed by atoms with van der Waals surface area (Å²) in [5.74, 6) is 0.822. The quantitative estimate of drug-likeness (QED) is 0.744. The summed E-state index contributed by atoms with van der Waals surface area (Å²) in [7, 11) is 3.07. The molecule has 1 aromatic rings. The van der Waals surface area contributed by atoms with Crippen molar-refractivity contribution < 1.29 is 14.3 Å². The van der Waals surface area contributed by atoms with Gasteiger partial charge in [-0.15, -0.1) is 0 Å². The van der Waals surface area contributed by atoms with Crippen LogP contribution < -0.4 is 9.47 Å². The normalized spacial score (nSPS) is 12.0. The van der Waals surface area contributed by atoms with E-state index in [9.17, 15) is 4.79 Å². The maximum Gasteiger partial charge on any atom is 0.164 e. The van der Waals surface area contributed by atoms with Crippen LogP contribution in [0.4, 0.5) is 0 Å². The second-order valence-corrected chi connectivity index (χ2v) is 3.59. The highest BCUT2D eigenvalue weighted by Gasteiger charge is 2.16. The molecule has 0 fully saturated rings. The van der Waals surface area contributed by atoms with E-state index in [0.717, 1.165) is 11.8 Å². The molecule has 0 saturated heterocycles. The van der Waals surface area contributed by atoms with Gasteiger partial charge >= 0.3 is 0 Å². The first kappa shape index (κ1) is 11.9. The molecule has 15 heavy (non-hydrogen) atoms. The first-order valence-corrected chi connectivity index (χ1v) is 4.88. The van der Waals surface area contributed by atoms with Gasteiger partial charge in [0.2, 0.25) is 0 Å². The average Bonchev–Trinajstić information content (AvgIpc) is 2.26. The number of methoxy groups -OCH3 is 2. The Morgan fingerprint density at radius 1 is 1.33 bits per heavy atom. The Bertz CT molecular complexity index is 363. The third-order valence-electron chi connectivity index (χ3n) is 2.17. The average molecular weight is 229 g/mol. The van der Waals surface area contributed by atoms with Crippen LogP contribution in [0.3, 0.4) is 0 Å². The van der Waals surface area contributed by atoms with E-state index in [1.54, 1.807) is 19.1 Å². The van der Waals surface area contributed by atoms with Crippen LogP contribution in [-0.2, 0) is 4.79 Å². The van der Waals surface area contributed by atoms with Crippen LogP contribution in [-0.4, -0.2) is 20.5 Å². The number of ether oxygens (including phenoxy) is 2. The number of hydrogen-bond donors (Lipinski definition) is 0. The van der Waals surface area contributed by atoms with E-state index in [-0.39, 0.29) is 5.92 Å². The molecule has 0 amide bonds. The van der Waals surface area contributed by atoms with Gasteiger partial charge in [-0.2, -0.15) is 0 Å². The largest absolute Gasteiger partial charge is 0.493 e. The van der Waals surface area contributed by atoms with Crippen molar-refractivity contribution >= 4 is 17.9 Å². The Balaban J connectivity index is 3.34. The van der Waals surface area contributed by atoms with Crippen LogP contribution in [0.1, 0.15) is 18.4 Å². The lowest BCUT2D eigenvalue weighted by molar-refractivity contribution is -0.108. The van der Waals surface area contributed by atoms with E-state index in [4.69, 9.17) is 21.1 Å². The summed E-state index contributed by atoms with van der Waals surface area (Å²) in [6.07, 6.45) is 0.841. The van der Waals surface area contributed by atoms with Gasteiger partial charge in [-0.05, 0) is 6.07 Å². The lowest BCUT2D eigenvalue weighted by Crippen LogP contribution is -2.01. The molecule has 4 heteroatoms. The third kappa shape index (κ3) is 2.42. The predicted molar refractivity (Wildman–Crippen MR) is 59.0 cm³/mol. The second kappa shape index (κ2) is 5.03. The number of carbonyl (C=O) groups is 1. The molecule has 1 rings (SSSR count). The van der Waals surface area contributed by atoms with Crippen molar-refractivity contribution in [2.24, 2.45) is 0 Å². The van der Waals surface area contributed by atoms with Crippen LogP contribution >= 0.6 is 11.6 Å². The maximum absolute atomic E-state index is 10.7. The summed E-state index contributed by atoms with van der Waals surface area (Å²) in [6.45, 7) is 1.78. The molecular formula is C11H13ClO3. The zero-order chi connectivity index (χ0) is 11.4. The molecule has 3 nitrogen and oxygen atoms in total. The molecule has 0 aromatic heterocycles. The minimum absolute atomic E-state index is 0.271. The number of halogens is 1. The summed E-state index contributed by atoms with van der Waals surface area (Å²) in [4.78, 5) is 10.7. The Morgan fingerprint density at radius 3 is 2.47 bits per heavy atom. The molecule has 1 atom stereocenters. The highest BCUT2D eigenvalue weighted by molar-refractivity contribution is 6.30.